The Balaban J connectivity index is 2.22. The van der Waals surface area contributed by atoms with E-state index in [0.717, 1.165) is 12.3 Å². The molecular weight excluding hydrogens is 235 g/mol. The van der Waals surface area contributed by atoms with Gasteiger partial charge in [-0.3, -0.25) is 15.1 Å². The Morgan fingerprint density at radius 2 is 1.94 bits per heavy atom. The molecule has 2 aromatic rings. The van der Waals surface area contributed by atoms with Crippen LogP contribution in [-0.4, -0.2) is 20.9 Å². The summed E-state index contributed by atoms with van der Waals surface area (Å²) in [5.74, 6) is -0.667. The summed E-state index contributed by atoms with van der Waals surface area (Å²) in [5, 5.41) is 2.41. The summed E-state index contributed by atoms with van der Waals surface area (Å²) >= 11 is 0. The third-order valence-corrected chi connectivity index (χ3v) is 2.11. The van der Waals surface area contributed by atoms with Gasteiger partial charge in [-0.25, -0.2) is 14.4 Å². The first-order valence-electron chi connectivity index (χ1n) is 5.05. The van der Waals surface area contributed by atoms with Crippen molar-refractivity contribution in [2.75, 3.05) is 5.32 Å². The fourth-order valence-electron chi connectivity index (χ4n) is 1.27. The van der Waals surface area contributed by atoms with Crippen LogP contribution in [0.15, 0.2) is 43.5 Å². The van der Waals surface area contributed by atoms with Gasteiger partial charge in [0.15, 0.2) is 0 Å². The topological polar surface area (TPSA) is 67.8 Å². The molecule has 5 nitrogen and oxygen atoms in total. The van der Waals surface area contributed by atoms with E-state index >= 15 is 0 Å². The van der Waals surface area contributed by atoms with Crippen LogP contribution in [0.2, 0.25) is 0 Å². The molecule has 2 aromatic heterocycles. The average Bonchev–Trinajstić information content (AvgIpc) is 2.39. The summed E-state index contributed by atoms with van der Waals surface area (Å²) in [7, 11) is 0. The lowest BCUT2D eigenvalue weighted by Crippen LogP contribution is -2.10. The lowest BCUT2D eigenvalue weighted by atomic mass is 10.1. The summed E-state index contributed by atoms with van der Waals surface area (Å²) in [5.41, 5.74) is 1.18. The number of aromatic nitrogens is 3. The average molecular weight is 244 g/mol. The summed E-state index contributed by atoms with van der Waals surface area (Å²) in [6.07, 6.45) is 6.69. The van der Waals surface area contributed by atoms with E-state index in [4.69, 9.17) is 0 Å². The molecule has 2 rings (SSSR count). The maximum atomic E-state index is 13.0. The lowest BCUT2D eigenvalue weighted by molar-refractivity contribution is -0.111. The van der Waals surface area contributed by atoms with Crippen LogP contribution in [0.3, 0.4) is 0 Å². The van der Waals surface area contributed by atoms with Crippen LogP contribution in [-0.2, 0) is 4.79 Å². The first-order chi connectivity index (χ1) is 8.69. The van der Waals surface area contributed by atoms with E-state index in [9.17, 15) is 9.18 Å². The van der Waals surface area contributed by atoms with Crippen LogP contribution in [0.1, 0.15) is 0 Å². The summed E-state index contributed by atoms with van der Waals surface area (Å²) < 4.78 is 13.0. The number of hydrogen-bond donors (Lipinski definition) is 1. The van der Waals surface area contributed by atoms with E-state index in [1.54, 1.807) is 0 Å². The Labute approximate surface area is 102 Å². The number of amides is 1. The van der Waals surface area contributed by atoms with E-state index in [2.05, 4.69) is 26.8 Å². The maximum absolute atomic E-state index is 13.0. The molecule has 0 unspecified atom stereocenters. The molecule has 0 aliphatic heterocycles. The monoisotopic (exact) mass is 244 g/mol. The predicted molar refractivity (Wildman–Crippen MR) is 64.0 cm³/mol. The summed E-state index contributed by atoms with van der Waals surface area (Å²) in [6, 6.07) is 1.33. The van der Waals surface area contributed by atoms with Gasteiger partial charge in [-0.2, -0.15) is 0 Å². The Hall–Kier alpha value is -2.63. The molecule has 0 aliphatic rings. The molecule has 1 N–H and O–H groups in total. The Kier molecular flexibility index (Phi) is 3.38. The molecule has 18 heavy (non-hydrogen) atoms. The number of rotatable bonds is 3. The number of nitrogens with one attached hydrogen (secondary N) is 1. The molecular formula is C12H9FN4O. The summed E-state index contributed by atoms with van der Waals surface area (Å²) in [6.45, 7) is 3.31. The van der Waals surface area contributed by atoms with Crippen molar-refractivity contribution < 1.29 is 9.18 Å². The number of pyridine rings is 1. The van der Waals surface area contributed by atoms with Crippen LogP contribution in [0.5, 0.6) is 0 Å². The second-order valence-electron chi connectivity index (χ2n) is 3.38. The molecule has 0 radical (unpaired) electrons. The van der Waals surface area contributed by atoms with Gasteiger partial charge in [-0.15, -0.1) is 0 Å². The minimum Gasteiger partial charge on any atom is -0.291 e. The molecule has 0 saturated heterocycles. The van der Waals surface area contributed by atoms with Crippen molar-refractivity contribution >= 4 is 11.9 Å². The maximum Gasteiger partial charge on any atom is 0.250 e. The highest BCUT2D eigenvalue weighted by Crippen LogP contribution is 2.17. The zero-order valence-corrected chi connectivity index (χ0v) is 9.30. The quantitative estimate of drug-likeness (QED) is 0.836. The highest BCUT2D eigenvalue weighted by Gasteiger charge is 2.03. The van der Waals surface area contributed by atoms with Crippen molar-refractivity contribution in [3.05, 3.63) is 49.3 Å². The number of carbonyl (C=O) groups is 1. The Morgan fingerprint density at radius 1 is 1.22 bits per heavy atom. The first-order valence-corrected chi connectivity index (χ1v) is 5.05. The van der Waals surface area contributed by atoms with Gasteiger partial charge in [-0.05, 0) is 12.1 Å². The fraction of sp³-hybridized carbons (Fsp3) is 0. The summed E-state index contributed by atoms with van der Waals surface area (Å²) in [4.78, 5) is 22.6. The second kappa shape index (κ2) is 5.13. The highest BCUT2D eigenvalue weighted by atomic mass is 19.1. The first kappa shape index (κ1) is 11.8. The minimum absolute atomic E-state index is 0.160. The van der Waals surface area contributed by atoms with Gasteiger partial charge in [0.2, 0.25) is 11.9 Å². The normalized spacial score (nSPS) is 9.83. The van der Waals surface area contributed by atoms with E-state index in [0.29, 0.717) is 11.1 Å². The van der Waals surface area contributed by atoms with Crippen molar-refractivity contribution in [3.8, 4) is 11.1 Å². The standard InChI is InChI=1S/C12H9FN4O/c1-2-11(18)17-12-15-5-9(6-16-12)8-3-10(13)7-14-4-8/h2-7H,1H2,(H,15,16,17,18). The van der Waals surface area contributed by atoms with Crippen LogP contribution in [0, 0.1) is 5.82 Å². The van der Waals surface area contributed by atoms with E-state index in [1.807, 2.05) is 0 Å². The number of hydrogen-bond acceptors (Lipinski definition) is 4. The number of anilines is 1. The van der Waals surface area contributed by atoms with Crippen molar-refractivity contribution in [2.45, 2.75) is 0 Å². The van der Waals surface area contributed by atoms with Gasteiger partial charge in [0, 0.05) is 29.7 Å². The second-order valence-corrected chi connectivity index (χ2v) is 3.38. The fourth-order valence-corrected chi connectivity index (χ4v) is 1.27. The van der Waals surface area contributed by atoms with Crippen LogP contribution in [0.25, 0.3) is 11.1 Å². The van der Waals surface area contributed by atoms with Crippen LogP contribution >= 0.6 is 0 Å². The van der Waals surface area contributed by atoms with E-state index < -0.39 is 11.7 Å². The van der Waals surface area contributed by atoms with E-state index in [-0.39, 0.29) is 5.95 Å². The van der Waals surface area contributed by atoms with Gasteiger partial charge >= 0.3 is 0 Å². The molecule has 0 fully saturated rings. The number of nitrogens with zero attached hydrogens (tertiary/aromatic N) is 3. The van der Waals surface area contributed by atoms with Gasteiger partial charge in [0.1, 0.15) is 5.82 Å². The molecule has 1 amide bonds. The number of carbonyl (C=O) groups excluding carboxylic acids is 1. The van der Waals surface area contributed by atoms with Crippen molar-refractivity contribution in [1.29, 1.82) is 0 Å². The smallest absolute Gasteiger partial charge is 0.250 e. The third-order valence-electron chi connectivity index (χ3n) is 2.11. The number of halogens is 1. The molecule has 0 aromatic carbocycles. The van der Waals surface area contributed by atoms with E-state index in [1.165, 1.54) is 24.7 Å². The zero-order chi connectivity index (χ0) is 13.0. The van der Waals surface area contributed by atoms with Gasteiger partial charge in [0.05, 0.1) is 6.20 Å². The van der Waals surface area contributed by atoms with Gasteiger partial charge < -0.3 is 0 Å². The molecule has 2 heterocycles. The SMILES string of the molecule is C=CC(=O)Nc1ncc(-c2cncc(F)c2)cn1. The zero-order valence-electron chi connectivity index (χ0n) is 9.30. The lowest BCUT2D eigenvalue weighted by Gasteiger charge is -2.02. The largest absolute Gasteiger partial charge is 0.291 e. The Bertz CT molecular complexity index is 583. The van der Waals surface area contributed by atoms with Crippen molar-refractivity contribution in [2.24, 2.45) is 0 Å². The molecule has 0 saturated carbocycles. The molecule has 0 bridgehead atoms. The highest BCUT2D eigenvalue weighted by molar-refractivity contribution is 5.97. The van der Waals surface area contributed by atoms with Crippen molar-refractivity contribution in [1.82, 2.24) is 15.0 Å². The Morgan fingerprint density at radius 3 is 2.56 bits per heavy atom. The molecule has 0 aliphatic carbocycles. The van der Waals surface area contributed by atoms with Crippen LogP contribution < -0.4 is 5.32 Å². The van der Waals surface area contributed by atoms with Gasteiger partial charge in [0.25, 0.3) is 0 Å². The molecule has 90 valence electrons. The third kappa shape index (κ3) is 2.73. The molecule has 0 spiro atoms. The minimum atomic E-state index is -0.434. The molecule has 6 heteroatoms. The predicted octanol–water partition coefficient (Wildman–Crippen LogP) is 1.80. The van der Waals surface area contributed by atoms with Gasteiger partial charge in [-0.1, -0.05) is 6.58 Å². The van der Waals surface area contributed by atoms with Crippen molar-refractivity contribution in [3.63, 3.8) is 0 Å². The van der Waals surface area contributed by atoms with Crippen LogP contribution in [0.4, 0.5) is 10.3 Å². The molecule has 0 atom stereocenters.